The van der Waals surface area contributed by atoms with E-state index in [9.17, 15) is 4.79 Å². The second-order valence-electron chi connectivity index (χ2n) is 4.74. The second-order valence-corrected chi connectivity index (χ2v) is 5.68. The number of pyridine rings is 1. The Hall–Kier alpha value is -2.08. The van der Waals surface area contributed by atoms with Crippen LogP contribution >= 0.6 is 11.8 Å². The Bertz CT molecular complexity index is 813. The van der Waals surface area contributed by atoms with Crippen molar-refractivity contribution in [1.29, 1.82) is 0 Å². The minimum absolute atomic E-state index is 0.0123. The van der Waals surface area contributed by atoms with Gasteiger partial charge in [-0.25, -0.2) is 4.98 Å². The Morgan fingerprint density at radius 3 is 2.90 bits per heavy atom. The highest BCUT2D eigenvalue weighted by Gasteiger charge is 2.15. The smallest absolute Gasteiger partial charge is 0.313 e. The number of rotatable bonds is 5. The van der Waals surface area contributed by atoms with E-state index in [-0.39, 0.29) is 5.75 Å². The number of hydrogen-bond donors (Lipinski definition) is 1. The van der Waals surface area contributed by atoms with Crippen molar-refractivity contribution in [3.63, 3.8) is 0 Å². The first kappa shape index (κ1) is 13.9. The minimum atomic E-state index is -0.835. The maximum absolute atomic E-state index is 10.8. The van der Waals surface area contributed by atoms with Crippen LogP contribution < -0.4 is 0 Å². The van der Waals surface area contributed by atoms with Crippen LogP contribution in [-0.2, 0) is 11.3 Å². The van der Waals surface area contributed by atoms with E-state index in [4.69, 9.17) is 5.11 Å². The predicted octanol–water partition coefficient (Wildman–Crippen LogP) is 3.17. The van der Waals surface area contributed by atoms with Crippen LogP contribution in [0.15, 0.2) is 35.6 Å². The fourth-order valence-electron chi connectivity index (χ4n) is 2.41. The molecule has 2 aromatic heterocycles. The van der Waals surface area contributed by atoms with Gasteiger partial charge in [0.05, 0.1) is 23.0 Å². The number of carboxylic acid groups (broad SMARTS) is 1. The van der Waals surface area contributed by atoms with Crippen molar-refractivity contribution in [2.45, 2.75) is 25.0 Å². The number of aromatic nitrogens is 3. The molecule has 0 spiro atoms. The molecule has 2 heterocycles. The molecule has 0 fully saturated rings. The monoisotopic (exact) mass is 301 g/mol. The van der Waals surface area contributed by atoms with Gasteiger partial charge >= 0.3 is 5.97 Å². The third-order valence-electron chi connectivity index (χ3n) is 3.22. The first-order valence-electron chi connectivity index (χ1n) is 6.79. The Kier molecular flexibility index (Phi) is 3.79. The van der Waals surface area contributed by atoms with Crippen LogP contribution in [0.25, 0.3) is 21.9 Å². The predicted molar refractivity (Wildman–Crippen MR) is 83.7 cm³/mol. The molecule has 0 amide bonds. The van der Waals surface area contributed by atoms with Crippen molar-refractivity contribution in [2.24, 2.45) is 0 Å². The number of carbonyl (C=O) groups is 1. The Balaban J connectivity index is 2.22. The molecule has 3 rings (SSSR count). The number of para-hydroxylation sites is 1. The number of imidazole rings is 1. The summed E-state index contributed by atoms with van der Waals surface area (Å²) in [6.07, 6.45) is 2.72. The van der Waals surface area contributed by atoms with E-state index in [0.717, 1.165) is 40.1 Å². The molecule has 21 heavy (non-hydrogen) atoms. The lowest BCUT2D eigenvalue weighted by Gasteiger charge is -2.07. The highest BCUT2D eigenvalue weighted by atomic mass is 32.2. The lowest BCUT2D eigenvalue weighted by Crippen LogP contribution is -2.03. The maximum Gasteiger partial charge on any atom is 0.313 e. The molecule has 0 aliphatic rings. The Morgan fingerprint density at radius 2 is 2.14 bits per heavy atom. The molecule has 0 atom stereocenters. The van der Waals surface area contributed by atoms with Crippen LogP contribution in [0.3, 0.4) is 0 Å². The Morgan fingerprint density at radius 1 is 1.33 bits per heavy atom. The van der Waals surface area contributed by atoms with Crippen LogP contribution in [0, 0.1) is 0 Å². The Labute approximate surface area is 126 Å². The van der Waals surface area contributed by atoms with Gasteiger partial charge in [-0.05, 0) is 12.5 Å². The number of aryl methyl sites for hydroxylation is 1. The largest absolute Gasteiger partial charge is 0.481 e. The average Bonchev–Trinajstić information content (AvgIpc) is 2.84. The number of aliphatic carboxylic acids is 1. The summed E-state index contributed by atoms with van der Waals surface area (Å²) in [5.41, 5.74) is 2.78. The molecule has 0 saturated heterocycles. The summed E-state index contributed by atoms with van der Waals surface area (Å²) >= 11 is 1.25. The van der Waals surface area contributed by atoms with Crippen molar-refractivity contribution in [2.75, 3.05) is 5.75 Å². The number of thioether (sulfide) groups is 1. The van der Waals surface area contributed by atoms with Crippen molar-refractivity contribution in [3.05, 3.63) is 30.5 Å². The van der Waals surface area contributed by atoms with E-state index in [1.807, 2.05) is 24.3 Å². The van der Waals surface area contributed by atoms with Gasteiger partial charge < -0.3 is 9.67 Å². The molecule has 0 radical (unpaired) electrons. The number of carboxylic acids is 1. The first-order chi connectivity index (χ1) is 10.2. The van der Waals surface area contributed by atoms with E-state index < -0.39 is 5.97 Å². The zero-order valence-electron chi connectivity index (χ0n) is 11.6. The molecule has 3 aromatic rings. The molecular weight excluding hydrogens is 286 g/mol. The van der Waals surface area contributed by atoms with Crippen molar-refractivity contribution < 1.29 is 9.90 Å². The van der Waals surface area contributed by atoms with Gasteiger partial charge in [0.1, 0.15) is 5.52 Å². The molecule has 6 heteroatoms. The maximum atomic E-state index is 10.8. The molecule has 1 N–H and O–H groups in total. The van der Waals surface area contributed by atoms with Crippen molar-refractivity contribution in [1.82, 2.24) is 14.5 Å². The van der Waals surface area contributed by atoms with Gasteiger partial charge in [0.15, 0.2) is 5.16 Å². The molecule has 1 aromatic carbocycles. The molecule has 5 nitrogen and oxygen atoms in total. The number of fused-ring (bicyclic) bond motifs is 3. The van der Waals surface area contributed by atoms with Gasteiger partial charge in [0, 0.05) is 11.9 Å². The van der Waals surface area contributed by atoms with Crippen LogP contribution in [0.1, 0.15) is 13.3 Å². The minimum Gasteiger partial charge on any atom is -0.481 e. The van der Waals surface area contributed by atoms with E-state index in [1.54, 1.807) is 6.20 Å². The van der Waals surface area contributed by atoms with Crippen molar-refractivity contribution in [3.8, 4) is 0 Å². The quantitative estimate of drug-likeness (QED) is 0.733. The summed E-state index contributed by atoms with van der Waals surface area (Å²) in [5.74, 6) is -0.823. The average molecular weight is 301 g/mol. The molecule has 0 bridgehead atoms. The molecule has 0 saturated carbocycles. The molecular formula is C15H15N3O2S. The van der Waals surface area contributed by atoms with Crippen molar-refractivity contribution >= 4 is 39.7 Å². The summed E-state index contributed by atoms with van der Waals surface area (Å²) in [6.45, 7) is 2.91. The summed E-state index contributed by atoms with van der Waals surface area (Å²) in [6, 6.07) is 7.95. The number of hydrogen-bond acceptors (Lipinski definition) is 4. The fourth-order valence-corrected chi connectivity index (χ4v) is 3.16. The number of benzene rings is 1. The zero-order chi connectivity index (χ0) is 14.8. The molecule has 0 aliphatic heterocycles. The first-order valence-corrected chi connectivity index (χ1v) is 7.78. The highest BCUT2D eigenvalue weighted by Crippen LogP contribution is 2.29. The van der Waals surface area contributed by atoms with Gasteiger partial charge in [0.25, 0.3) is 0 Å². The van der Waals surface area contributed by atoms with Crippen LogP contribution in [0.2, 0.25) is 0 Å². The SMILES string of the molecule is CCCn1c(SCC(=O)O)nc2cnc3ccccc3c21. The molecule has 108 valence electrons. The van der Waals surface area contributed by atoms with Gasteiger partial charge in [-0.1, -0.05) is 36.9 Å². The van der Waals surface area contributed by atoms with E-state index in [0.29, 0.717) is 0 Å². The standard InChI is InChI=1S/C15H15N3O2S/c1-2-7-18-14-10-5-3-4-6-11(10)16-8-12(14)17-15(18)21-9-13(19)20/h3-6,8H,2,7,9H2,1H3,(H,19,20). The number of nitrogens with zero attached hydrogens (tertiary/aromatic N) is 3. The van der Waals surface area contributed by atoms with Gasteiger partial charge in [-0.2, -0.15) is 0 Å². The summed E-state index contributed by atoms with van der Waals surface area (Å²) in [4.78, 5) is 19.8. The van der Waals surface area contributed by atoms with Crippen LogP contribution in [0.4, 0.5) is 0 Å². The fraction of sp³-hybridized carbons (Fsp3) is 0.267. The molecule has 0 aliphatic carbocycles. The summed E-state index contributed by atoms with van der Waals surface area (Å²) in [5, 5.41) is 10.7. The van der Waals surface area contributed by atoms with E-state index in [2.05, 4.69) is 21.5 Å². The lowest BCUT2D eigenvalue weighted by atomic mass is 10.2. The third-order valence-corrected chi connectivity index (χ3v) is 4.18. The summed E-state index contributed by atoms with van der Waals surface area (Å²) in [7, 11) is 0. The zero-order valence-corrected chi connectivity index (χ0v) is 12.4. The lowest BCUT2D eigenvalue weighted by molar-refractivity contribution is -0.133. The third kappa shape index (κ3) is 2.58. The summed E-state index contributed by atoms with van der Waals surface area (Å²) < 4.78 is 2.10. The molecule has 0 unspecified atom stereocenters. The highest BCUT2D eigenvalue weighted by molar-refractivity contribution is 7.99. The topological polar surface area (TPSA) is 68.0 Å². The van der Waals surface area contributed by atoms with E-state index in [1.165, 1.54) is 11.8 Å². The van der Waals surface area contributed by atoms with Gasteiger partial charge in [-0.15, -0.1) is 0 Å². The van der Waals surface area contributed by atoms with Crippen LogP contribution in [0.5, 0.6) is 0 Å². The van der Waals surface area contributed by atoms with E-state index >= 15 is 0 Å². The normalized spacial score (nSPS) is 11.3. The van der Waals surface area contributed by atoms with Gasteiger partial charge in [-0.3, -0.25) is 9.78 Å². The van der Waals surface area contributed by atoms with Gasteiger partial charge in [0.2, 0.25) is 0 Å². The second kappa shape index (κ2) is 5.73. The van der Waals surface area contributed by atoms with Crippen LogP contribution in [-0.4, -0.2) is 31.4 Å².